The van der Waals surface area contributed by atoms with Gasteiger partial charge in [0.25, 0.3) is 0 Å². The molecule has 0 saturated carbocycles. The predicted molar refractivity (Wildman–Crippen MR) is 64.6 cm³/mol. The fourth-order valence-corrected chi connectivity index (χ4v) is 1.75. The molecule has 0 saturated heterocycles. The maximum Gasteiger partial charge on any atom is 0.331 e. The highest BCUT2D eigenvalue weighted by molar-refractivity contribution is 7.11. The lowest BCUT2D eigenvalue weighted by molar-refractivity contribution is -0.148. The summed E-state index contributed by atoms with van der Waals surface area (Å²) in [4.78, 5) is 22.6. The summed E-state index contributed by atoms with van der Waals surface area (Å²) in [6, 6.07) is 1.79. The SMILES string of the molecule is CC(C)(C)OC(=O)/C=C/c1ccsc1C=O. The number of rotatable bonds is 3. The first-order valence-electron chi connectivity index (χ1n) is 4.86. The van der Waals surface area contributed by atoms with Gasteiger partial charge >= 0.3 is 5.97 Å². The summed E-state index contributed by atoms with van der Waals surface area (Å²) >= 11 is 1.34. The highest BCUT2D eigenvalue weighted by Gasteiger charge is 2.13. The van der Waals surface area contributed by atoms with Crippen LogP contribution >= 0.6 is 11.3 Å². The first-order valence-corrected chi connectivity index (χ1v) is 5.74. The van der Waals surface area contributed by atoms with E-state index in [0.29, 0.717) is 4.88 Å². The van der Waals surface area contributed by atoms with Gasteiger partial charge in [0.05, 0.1) is 4.88 Å². The van der Waals surface area contributed by atoms with Crippen LogP contribution in [0, 0.1) is 0 Å². The van der Waals surface area contributed by atoms with Crippen molar-refractivity contribution in [1.82, 2.24) is 0 Å². The Labute approximate surface area is 98.7 Å². The Morgan fingerprint density at radius 1 is 1.44 bits per heavy atom. The number of aldehydes is 1. The van der Waals surface area contributed by atoms with Crippen LogP contribution in [0.5, 0.6) is 0 Å². The van der Waals surface area contributed by atoms with Crippen molar-refractivity contribution in [2.45, 2.75) is 26.4 Å². The fraction of sp³-hybridized carbons (Fsp3) is 0.333. The Morgan fingerprint density at radius 2 is 2.12 bits per heavy atom. The van der Waals surface area contributed by atoms with E-state index in [1.165, 1.54) is 17.4 Å². The first kappa shape index (κ1) is 12.6. The molecule has 0 fully saturated rings. The van der Waals surface area contributed by atoms with E-state index in [1.807, 2.05) is 0 Å². The van der Waals surface area contributed by atoms with Crippen molar-refractivity contribution in [3.05, 3.63) is 28.0 Å². The molecule has 0 atom stereocenters. The number of ether oxygens (including phenoxy) is 1. The number of esters is 1. The summed E-state index contributed by atoms with van der Waals surface area (Å²) in [5.41, 5.74) is 0.245. The Balaban J connectivity index is 2.67. The minimum Gasteiger partial charge on any atom is -0.457 e. The molecule has 0 bridgehead atoms. The van der Waals surface area contributed by atoms with Gasteiger partial charge < -0.3 is 4.74 Å². The molecule has 0 unspecified atom stereocenters. The van der Waals surface area contributed by atoms with Crippen molar-refractivity contribution in [2.75, 3.05) is 0 Å². The normalized spacial score (nSPS) is 11.7. The van der Waals surface area contributed by atoms with Crippen molar-refractivity contribution in [1.29, 1.82) is 0 Å². The Bertz CT molecular complexity index is 410. The molecule has 1 aromatic rings. The fourth-order valence-electron chi connectivity index (χ4n) is 1.06. The van der Waals surface area contributed by atoms with Crippen LogP contribution < -0.4 is 0 Å². The van der Waals surface area contributed by atoms with Gasteiger partial charge in [0.2, 0.25) is 0 Å². The lowest BCUT2D eigenvalue weighted by Crippen LogP contribution is -2.22. The van der Waals surface area contributed by atoms with Crippen molar-refractivity contribution < 1.29 is 14.3 Å². The summed E-state index contributed by atoms with van der Waals surface area (Å²) < 4.78 is 5.10. The zero-order valence-corrected chi connectivity index (χ0v) is 10.3. The monoisotopic (exact) mass is 238 g/mol. The number of hydrogen-bond acceptors (Lipinski definition) is 4. The van der Waals surface area contributed by atoms with Gasteiger partial charge in [0.15, 0.2) is 6.29 Å². The van der Waals surface area contributed by atoms with E-state index < -0.39 is 11.6 Å². The molecule has 4 heteroatoms. The van der Waals surface area contributed by atoms with E-state index in [4.69, 9.17) is 4.74 Å². The first-order chi connectivity index (χ1) is 7.42. The van der Waals surface area contributed by atoms with Crippen LogP contribution in [-0.4, -0.2) is 17.9 Å². The van der Waals surface area contributed by atoms with Gasteiger partial charge in [-0.2, -0.15) is 0 Å². The third-order valence-electron chi connectivity index (χ3n) is 1.64. The third-order valence-corrected chi connectivity index (χ3v) is 2.50. The van der Waals surface area contributed by atoms with Crippen LogP contribution in [0.2, 0.25) is 0 Å². The molecule has 0 aliphatic rings. The molecule has 0 aromatic carbocycles. The van der Waals surface area contributed by atoms with Crippen molar-refractivity contribution in [3.8, 4) is 0 Å². The molecule has 16 heavy (non-hydrogen) atoms. The molecule has 3 nitrogen and oxygen atoms in total. The summed E-state index contributed by atoms with van der Waals surface area (Å²) in [5, 5.41) is 1.80. The van der Waals surface area contributed by atoms with E-state index >= 15 is 0 Å². The Morgan fingerprint density at radius 3 is 2.69 bits per heavy atom. The number of carbonyl (C=O) groups is 2. The van der Waals surface area contributed by atoms with Gasteiger partial charge in [0.1, 0.15) is 5.60 Å². The van der Waals surface area contributed by atoms with E-state index in [-0.39, 0.29) is 0 Å². The van der Waals surface area contributed by atoms with Crippen LogP contribution in [-0.2, 0) is 9.53 Å². The number of hydrogen-bond donors (Lipinski definition) is 0. The van der Waals surface area contributed by atoms with E-state index in [1.54, 1.807) is 38.3 Å². The summed E-state index contributed by atoms with van der Waals surface area (Å²) in [5.74, 6) is -0.407. The number of carbonyl (C=O) groups excluding carboxylic acids is 2. The molecule has 1 rings (SSSR count). The minimum absolute atomic E-state index is 0.407. The zero-order valence-electron chi connectivity index (χ0n) is 9.52. The van der Waals surface area contributed by atoms with Crippen LogP contribution in [0.25, 0.3) is 6.08 Å². The van der Waals surface area contributed by atoms with Gasteiger partial charge in [-0.05, 0) is 43.9 Å². The standard InChI is InChI=1S/C12H14O3S/c1-12(2,3)15-11(14)5-4-9-6-7-16-10(9)8-13/h4-8H,1-3H3/b5-4+. The number of thiophene rings is 1. The molecule has 0 amide bonds. The van der Waals surface area contributed by atoms with Crippen LogP contribution in [0.4, 0.5) is 0 Å². The van der Waals surface area contributed by atoms with Crippen molar-refractivity contribution >= 4 is 29.7 Å². The second-order valence-electron chi connectivity index (χ2n) is 4.22. The van der Waals surface area contributed by atoms with E-state index in [2.05, 4.69) is 0 Å². The molecule has 0 aliphatic heterocycles. The van der Waals surface area contributed by atoms with Crippen LogP contribution in [0.3, 0.4) is 0 Å². The quantitative estimate of drug-likeness (QED) is 0.462. The molecule has 0 aliphatic carbocycles. The predicted octanol–water partition coefficient (Wildman–Crippen LogP) is 2.92. The second-order valence-corrected chi connectivity index (χ2v) is 5.17. The van der Waals surface area contributed by atoms with Crippen LogP contribution in [0.15, 0.2) is 17.5 Å². The van der Waals surface area contributed by atoms with Crippen LogP contribution in [0.1, 0.15) is 36.0 Å². The van der Waals surface area contributed by atoms with Gasteiger partial charge in [-0.1, -0.05) is 0 Å². The average Bonchev–Trinajstić information content (AvgIpc) is 2.59. The summed E-state index contributed by atoms with van der Waals surface area (Å²) in [6.07, 6.45) is 3.70. The lowest BCUT2D eigenvalue weighted by Gasteiger charge is -2.17. The lowest BCUT2D eigenvalue weighted by atomic mass is 10.2. The van der Waals surface area contributed by atoms with E-state index in [0.717, 1.165) is 11.8 Å². The molecule has 0 radical (unpaired) electrons. The molecule has 86 valence electrons. The molecule has 1 heterocycles. The minimum atomic E-state index is -0.496. The molecule has 1 aromatic heterocycles. The van der Waals surface area contributed by atoms with Crippen molar-refractivity contribution in [2.24, 2.45) is 0 Å². The largest absolute Gasteiger partial charge is 0.457 e. The average molecular weight is 238 g/mol. The highest BCUT2D eigenvalue weighted by atomic mass is 32.1. The maximum atomic E-state index is 11.4. The smallest absolute Gasteiger partial charge is 0.331 e. The second kappa shape index (κ2) is 5.07. The molecular weight excluding hydrogens is 224 g/mol. The van der Waals surface area contributed by atoms with Gasteiger partial charge in [-0.25, -0.2) is 4.79 Å². The van der Waals surface area contributed by atoms with Gasteiger partial charge in [0, 0.05) is 6.08 Å². The van der Waals surface area contributed by atoms with Gasteiger partial charge in [-0.15, -0.1) is 11.3 Å². The third kappa shape index (κ3) is 3.98. The molecule has 0 spiro atoms. The van der Waals surface area contributed by atoms with Gasteiger partial charge in [-0.3, -0.25) is 4.79 Å². The van der Waals surface area contributed by atoms with Crippen molar-refractivity contribution in [3.63, 3.8) is 0 Å². The topological polar surface area (TPSA) is 43.4 Å². The summed E-state index contributed by atoms with van der Waals surface area (Å²) in [6.45, 7) is 5.42. The Hall–Kier alpha value is -1.42. The highest BCUT2D eigenvalue weighted by Crippen LogP contribution is 2.16. The van der Waals surface area contributed by atoms with E-state index in [9.17, 15) is 9.59 Å². The zero-order chi connectivity index (χ0) is 12.2. The summed E-state index contributed by atoms with van der Waals surface area (Å²) in [7, 11) is 0. The Kier molecular flexibility index (Phi) is 4.01. The molecular formula is C12H14O3S. The molecule has 0 N–H and O–H groups in total. The maximum absolute atomic E-state index is 11.4.